The number of benzene rings is 1. The SMILES string of the molecule is CCN1CCC[C@H](Nc2c3c(nc4cc(OC)c(OC)cc24)CCC3)CC1. The average Bonchev–Trinajstić information content (AvgIpc) is 3.04. The summed E-state index contributed by atoms with van der Waals surface area (Å²) in [5.74, 6) is 1.51. The smallest absolute Gasteiger partial charge is 0.162 e. The van der Waals surface area contributed by atoms with Crippen LogP contribution >= 0.6 is 0 Å². The van der Waals surface area contributed by atoms with E-state index >= 15 is 0 Å². The van der Waals surface area contributed by atoms with Crippen molar-refractivity contribution >= 4 is 16.6 Å². The summed E-state index contributed by atoms with van der Waals surface area (Å²) in [4.78, 5) is 7.51. The van der Waals surface area contributed by atoms with Gasteiger partial charge in [-0.05, 0) is 63.2 Å². The maximum Gasteiger partial charge on any atom is 0.162 e. The van der Waals surface area contributed by atoms with Crippen LogP contribution in [0.5, 0.6) is 11.5 Å². The summed E-state index contributed by atoms with van der Waals surface area (Å²) >= 11 is 0. The summed E-state index contributed by atoms with van der Waals surface area (Å²) in [5.41, 5.74) is 4.94. The average molecular weight is 370 g/mol. The summed E-state index contributed by atoms with van der Waals surface area (Å²) in [6, 6.07) is 4.63. The van der Waals surface area contributed by atoms with E-state index in [2.05, 4.69) is 23.2 Å². The third-order valence-corrected chi connectivity index (χ3v) is 6.13. The molecule has 0 unspecified atom stereocenters. The van der Waals surface area contributed by atoms with Crippen LogP contribution < -0.4 is 14.8 Å². The fourth-order valence-electron chi connectivity index (χ4n) is 4.57. The number of rotatable bonds is 5. The van der Waals surface area contributed by atoms with E-state index < -0.39 is 0 Å². The normalized spacial score (nSPS) is 20.3. The third-order valence-electron chi connectivity index (χ3n) is 6.13. The van der Waals surface area contributed by atoms with Gasteiger partial charge in [-0.1, -0.05) is 6.92 Å². The summed E-state index contributed by atoms with van der Waals surface area (Å²) in [6.07, 6.45) is 7.05. The number of pyridine rings is 1. The van der Waals surface area contributed by atoms with Crippen LogP contribution in [-0.2, 0) is 12.8 Å². The lowest BCUT2D eigenvalue weighted by atomic mass is 10.0. The van der Waals surface area contributed by atoms with Gasteiger partial charge >= 0.3 is 0 Å². The van der Waals surface area contributed by atoms with Crippen molar-refractivity contribution in [3.63, 3.8) is 0 Å². The number of nitrogens with zero attached hydrogens (tertiary/aromatic N) is 2. The van der Waals surface area contributed by atoms with Crippen molar-refractivity contribution in [2.45, 2.75) is 51.5 Å². The molecule has 1 atom stereocenters. The number of fused-ring (bicyclic) bond motifs is 2. The van der Waals surface area contributed by atoms with E-state index in [9.17, 15) is 0 Å². The van der Waals surface area contributed by atoms with Crippen LogP contribution in [0.1, 0.15) is 43.9 Å². The van der Waals surface area contributed by atoms with Gasteiger partial charge in [0.25, 0.3) is 0 Å². The van der Waals surface area contributed by atoms with E-state index in [-0.39, 0.29) is 0 Å². The topological polar surface area (TPSA) is 46.6 Å². The van der Waals surface area contributed by atoms with Crippen LogP contribution in [0.25, 0.3) is 10.9 Å². The Hall–Kier alpha value is -2.01. The minimum atomic E-state index is 0.518. The minimum absolute atomic E-state index is 0.518. The molecule has 2 heterocycles. The predicted octanol–water partition coefficient (Wildman–Crippen LogP) is 4.03. The molecule has 0 radical (unpaired) electrons. The summed E-state index contributed by atoms with van der Waals surface area (Å²) in [6.45, 7) is 5.80. The van der Waals surface area contributed by atoms with Gasteiger partial charge in [-0.25, -0.2) is 0 Å². The van der Waals surface area contributed by atoms with Crippen molar-refractivity contribution in [1.29, 1.82) is 0 Å². The quantitative estimate of drug-likeness (QED) is 0.862. The first-order valence-corrected chi connectivity index (χ1v) is 10.3. The maximum atomic E-state index is 5.57. The van der Waals surface area contributed by atoms with Crippen molar-refractivity contribution in [2.24, 2.45) is 0 Å². The number of aromatic nitrogens is 1. The molecule has 2 aliphatic rings. The van der Waals surface area contributed by atoms with E-state index in [0.717, 1.165) is 41.8 Å². The van der Waals surface area contributed by atoms with Crippen LogP contribution in [0.3, 0.4) is 0 Å². The molecule has 1 fully saturated rings. The Labute approximate surface area is 162 Å². The van der Waals surface area contributed by atoms with Crippen molar-refractivity contribution in [1.82, 2.24) is 9.88 Å². The Morgan fingerprint density at radius 1 is 1.07 bits per heavy atom. The van der Waals surface area contributed by atoms with Crippen LogP contribution in [0, 0.1) is 0 Å². The number of aryl methyl sites for hydroxylation is 1. The van der Waals surface area contributed by atoms with Crippen LogP contribution in [0.2, 0.25) is 0 Å². The Morgan fingerprint density at radius 3 is 2.67 bits per heavy atom. The zero-order chi connectivity index (χ0) is 18.8. The number of anilines is 1. The summed E-state index contributed by atoms with van der Waals surface area (Å²) in [7, 11) is 3.38. The Bertz CT molecular complexity index is 821. The first-order chi connectivity index (χ1) is 13.2. The molecule has 1 aromatic carbocycles. The lowest BCUT2D eigenvalue weighted by Crippen LogP contribution is -2.26. The van der Waals surface area contributed by atoms with Crippen molar-refractivity contribution < 1.29 is 9.47 Å². The molecule has 0 amide bonds. The van der Waals surface area contributed by atoms with Gasteiger partial charge in [0.15, 0.2) is 11.5 Å². The molecule has 1 aromatic heterocycles. The molecule has 0 spiro atoms. The van der Waals surface area contributed by atoms with Crippen LogP contribution in [0.4, 0.5) is 5.69 Å². The van der Waals surface area contributed by atoms with Gasteiger partial charge in [-0.15, -0.1) is 0 Å². The van der Waals surface area contributed by atoms with E-state index in [0.29, 0.717) is 6.04 Å². The van der Waals surface area contributed by atoms with E-state index in [1.807, 2.05) is 6.07 Å². The van der Waals surface area contributed by atoms with Crippen LogP contribution in [-0.4, -0.2) is 49.8 Å². The fraction of sp³-hybridized carbons (Fsp3) is 0.591. The minimum Gasteiger partial charge on any atom is -0.493 e. The van der Waals surface area contributed by atoms with E-state index in [1.165, 1.54) is 55.7 Å². The van der Waals surface area contributed by atoms with Gasteiger partial charge in [0.2, 0.25) is 0 Å². The monoisotopic (exact) mass is 369 g/mol. The predicted molar refractivity (Wildman–Crippen MR) is 110 cm³/mol. The van der Waals surface area contributed by atoms with Gasteiger partial charge in [0.1, 0.15) is 0 Å². The molecule has 146 valence electrons. The number of hydrogen-bond acceptors (Lipinski definition) is 5. The highest BCUT2D eigenvalue weighted by atomic mass is 16.5. The molecule has 2 aromatic rings. The van der Waals surface area contributed by atoms with Crippen molar-refractivity contribution in [3.05, 3.63) is 23.4 Å². The zero-order valence-electron chi connectivity index (χ0n) is 16.8. The van der Waals surface area contributed by atoms with E-state index in [1.54, 1.807) is 14.2 Å². The second kappa shape index (κ2) is 7.93. The molecule has 5 heteroatoms. The highest BCUT2D eigenvalue weighted by molar-refractivity contribution is 5.96. The molecule has 1 aliphatic carbocycles. The van der Waals surface area contributed by atoms with Gasteiger partial charge in [0, 0.05) is 35.4 Å². The fourth-order valence-corrected chi connectivity index (χ4v) is 4.57. The van der Waals surface area contributed by atoms with Crippen molar-refractivity contribution in [2.75, 3.05) is 39.2 Å². The molecule has 5 nitrogen and oxygen atoms in total. The second-order valence-electron chi connectivity index (χ2n) is 7.70. The standard InChI is InChI=1S/C22H31N3O2/c1-4-25-11-6-7-15(10-12-25)23-22-16-8-5-9-18(16)24-19-14-21(27-3)20(26-2)13-17(19)22/h13-15H,4-12H2,1-3H3,(H,23,24)/t15-/m0/s1. The van der Waals surface area contributed by atoms with Crippen molar-refractivity contribution in [3.8, 4) is 11.5 Å². The Kier molecular flexibility index (Phi) is 5.39. The summed E-state index contributed by atoms with van der Waals surface area (Å²) in [5, 5.41) is 5.09. The molecule has 0 saturated carbocycles. The van der Waals surface area contributed by atoms with Gasteiger partial charge in [-0.2, -0.15) is 0 Å². The first kappa shape index (κ1) is 18.4. The number of hydrogen-bond donors (Lipinski definition) is 1. The van der Waals surface area contributed by atoms with Gasteiger partial charge < -0.3 is 19.7 Å². The number of methoxy groups -OCH3 is 2. The molecule has 1 N–H and O–H groups in total. The molecule has 1 saturated heterocycles. The van der Waals surface area contributed by atoms with Gasteiger partial charge in [0.05, 0.1) is 19.7 Å². The van der Waals surface area contributed by atoms with Crippen LogP contribution in [0.15, 0.2) is 12.1 Å². The third kappa shape index (κ3) is 3.57. The molecule has 27 heavy (non-hydrogen) atoms. The Morgan fingerprint density at radius 2 is 1.89 bits per heavy atom. The number of ether oxygens (including phenoxy) is 2. The lowest BCUT2D eigenvalue weighted by Gasteiger charge is -2.23. The maximum absolute atomic E-state index is 5.57. The Balaban J connectivity index is 1.74. The molecule has 1 aliphatic heterocycles. The number of nitrogens with one attached hydrogen (secondary N) is 1. The summed E-state index contributed by atoms with van der Waals surface area (Å²) < 4.78 is 11.1. The highest BCUT2D eigenvalue weighted by Gasteiger charge is 2.24. The second-order valence-corrected chi connectivity index (χ2v) is 7.70. The molecule has 4 rings (SSSR count). The highest BCUT2D eigenvalue weighted by Crippen LogP contribution is 2.40. The first-order valence-electron chi connectivity index (χ1n) is 10.3. The molecular weight excluding hydrogens is 338 g/mol. The number of likely N-dealkylation sites (tertiary alicyclic amines) is 1. The zero-order valence-corrected chi connectivity index (χ0v) is 16.8. The van der Waals surface area contributed by atoms with E-state index in [4.69, 9.17) is 14.5 Å². The largest absolute Gasteiger partial charge is 0.493 e. The van der Waals surface area contributed by atoms with Gasteiger partial charge in [-0.3, -0.25) is 4.98 Å². The molecule has 0 bridgehead atoms. The molecular formula is C22H31N3O2. The lowest BCUT2D eigenvalue weighted by molar-refractivity contribution is 0.300.